The fourth-order valence-electron chi connectivity index (χ4n) is 5.00. The first-order chi connectivity index (χ1) is 21.9. The number of benzene rings is 2. The van der Waals surface area contributed by atoms with E-state index in [9.17, 15) is 14.4 Å². The van der Waals surface area contributed by atoms with Crippen molar-refractivity contribution >= 4 is 26.2 Å². The van der Waals surface area contributed by atoms with Gasteiger partial charge in [0, 0.05) is 30.9 Å². The van der Waals surface area contributed by atoms with Gasteiger partial charge in [-0.3, -0.25) is 4.79 Å². The number of rotatable bonds is 16. The number of allylic oxidation sites excluding steroid dienone is 5. The lowest BCUT2D eigenvalue weighted by Gasteiger charge is -2.40. The summed E-state index contributed by atoms with van der Waals surface area (Å²) in [7, 11) is -2.25. The Morgan fingerprint density at radius 2 is 1.54 bits per heavy atom. The molecule has 0 unspecified atom stereocenters. The molecule has 246 valence electrons. The third-order valence-electron chi connectivity index (χ3n) is 8.71. The van der Waals surface area contributed by atoms with E-state index >= 15 is 0 Å². The Morgan fingerprint density at radius 3 is 2.15 bits per heavy atom. The second kappa shape index (κ2) is 17.1. The minimum atomic E-state index is -2.25. The number of Topliss-reactive ketones (excluding diaryl/α,β-unsaturated/α-hetero) is 1. The summed E-state index contributed by atoms with van der Waals surface area (Å²) in [5.74, 6) is -0.820. The first kappa shape index (κ1) is 36.5. The van der Waals surface area contributed by atoms with E-state index in [4.69, 9.17) is 13.9 Å². The number of carbonyl (C=O) groups excluding carboxylic acids is 3. The predicted octanol–water partition coefficient (Wildman–Crippen LogP) is 8.30. The maximum absolute atomic E-state index is 13.3. The normalized spacial score (nSPS) is 14.7. The van der Waals surface area contributed by atoms with Gasteiger partial charge in [-0.05, 0) is 46.8 Å². The largest absolute Gasteiger partial charge is 0.458 e. The maximum atomic E-state index is 13.3. The van der Waals surface area contributed by atoms with Gasteiger partial charge in [0.2, 0.25) is 0 Å². The highest BCUT2D eigenvalue weighted by molar-refractivity contribution is 6.74. The molecule has 3 rings (SSSR count). The van der Waals surface area contributed by atoms with Crippen LogP contribution < -0.4 is 5.32 Å². The average molecular weight is 644 g/mol. The fourth-order valence-corrected chi connectivity index (χ4v) is 6.39. The number of carbonyl (C=O) groups is 3. The highest BCUT2D eigenvalue weighted by Crippen LogP contribution is 2.44. The Kier molecular flexibility index (Phi) is 13.5. The van der Waals surface area contributed by atoms with Gasteiger partial charge in [0.15, 0.2) is 8.32 Å². The summed E-state index contributed by atoms with van der Waals surface area (Å²) in [4.78, 5) is 37.7. The number of hydrogen-bond acceptors (Lipinski definition) is 6. The van der Waals surface area contributed by atoms with Gasteiger partial charge in [-0.1, -0.05) is 119 Å². The van der Waals surface area contributed by atoms with Crippen LogP contribution in [0.2, 0.25) is 18.1 Å². The molecule has 8 heteroatoms. The molecule has 0 aliphatic heterocycles. The minimum Gasteiger partial charge on any atom is -0.458 e. The van der Waals surface area contributed by atoms with Gasteiger partial charge in [-0.2, -0.15) is 0 Å². The van der Waals surface area contributed by atoms with Gasteiger partial charge in [-0.15, -0.1) is 0 Å². The smallest absolute Gasteiger partial charge is 0.407 e. The molecule has 0 fully saturated rings. The molecule has 1 aliphatic carbocycles. The lowest BCUT2D eigenvalue weighted by atomic mass is 9.96. The molecule has 0 spiro atoms. The summed E-state index contributed by atoms with van der Waals surface area (Å²) in [6.45, 7) is 16.7. The number of ketones is 1. The first-order valence-corrected chi connectivity index (χ1v) is 18.8. The molecule has 0 heterocycles. The first-order valence-electron chi connectivity index (χ1n) is 15.9. The molecule has 0 saturated heterocycles. The van der Waals surface area contributed by atoms with Crippen LogP contribution in [0.5, 0.6) is 0 Å². The van der Waals surface area contributed by atoms with Crippen molar-refractivity contribution < 1.29 is 28.3 Å². The van der Waals surface area contributed by atoms with Crippen molar-refractivity contribution in [1.29, 1.82) is 0 Å². The molecule has 2 aromatic rings. The number of hydrogen-bond donors (Lipinski definition) is 1. The number of fused-ring (bicyclic) bond motifs is 3. The quantitative estimate of drug-likeness (QED) is 0.0651. The van der Waals surface area contributed by atoms with Gasteiger partial charge in [0.25, 0.3) is 0 Å². The Bertz CT molecular complexity index is 1410. The van der Waals surface area contributed by atoms with Crippen molar-refractivity contribution in [3.05, 3.63) is 109 Å². The summed E-state index contributed by atoms with van der Waals surface area (Å²) in [6, 6.07) is 16.5. The monoisotopic (exact) mass is 643 g/mol. The van der Waals surface area contributed by atoms with E-state index in [1.165, 1.54) is 23.3 Å². The van der Waals surface area contributed by atoms with Crippen molar-refractivity contribution in [2.24, 2.45) is 5.92 Å². The van der Waals surface area contributed by atoms with E-state index in [1.54, 1.807) is 18.2 Å². The molecule has 0 bridgehead atoms. The van der Waals surface area contributed by atoms with E-state index in [0.29, 0.717) is 12.8 Å². The zero-order valence-corrected chi connectivity index (χ0v) is 29.1. The summed E-state index contributed by atoms with van der Waals surface area (Å²) >= 11 is 0. The predicted molar refractivity (Wildman–Crippen MR) is 187 cm³/mol. The van der Waals surface area contributed by atoms with Crippen LogP contribution in [0.15, 0.2) is 97.6 Å². The van der Waals surface area contributed by atoms with Gasteiger partial charge >= 0.3 is 12.1 Å². The summed E-state index contributed by atoms with van der Waals surface area (Å²) < 4.78 is 17.3. The van der Waals surface area contributed by atoms with Crippen LogP contribution in [0.1, 0.15) is 57.6 Å². The van der Waals surface area contributed by atoms with E-state index in [0.717, 1.165) is 11.1 Å². The van der Waals surface area contributed by atoms with Gasteiger partial charge in [0.1, 0.15) is 19.0 Å². The number of nitrogens with one attached hydrogen (secondary N) is 1. The van der Waals surface area contributed by atoms with Crippen molar-refractivity contribution in [2.45, 2.75) is 70.7 Å². The molecule has 0 radical (unpaired) electrons. The zero-order valence-electron chi connectivity index (χ0n) is 28.1. The molecule has 0 aromatic heterocycles. The molecular formula is C38H49NO6Si. The highest BCUT2D eigenvalue weighted by atomic mass is 28.4. The van der Waals surface area contributed by atoms with Crippen LogP contribution in [0.25, 0.3) is 11.1 Å². The van der Waals surface area contributed by atoms with Crippen molar-refractivity contribution in [3.8, 4) is 11.1 Å². The second-order valence-corrected chi connectivity index (χ2v) is 17.8. The van der Waals surface area contributed by atoms with Crippen LogP contribution in [0.4, 0.5) is 4.79 Å². The number of ether oxygens (including phenoxy) is 2. The third-order valence-corrected chi connectivity index (χ3v) is 13.2. The molecule has 2 aromatic carbocycles. The summed E-state index contributed by atoms with van der Waals surface area (Å²) in [6.07, 6.45) is 11.6. The summed E-state index contributed by atoms with van der Waals surface area (Å²) in [5.41, 5.74) is 4.65. The topological polar surface area (TPSA) is 90.9 Å². The van der Waals surface area contributed by atoms with Crippen LogP contribution in [0, 0.1) is 5.92 Å². The molecule has 0 saturated carbocycles. The molecule has 2 atom stereocenters. The Balaban J connectivity index is 1.57. The SMILES string of the molecule is C=CCOC(=O)/C=C/C=C/C=C/CCC(=O)[C@H](C)[C@H](CNC(=O)OCC1c2ccccc2-c2ccccc21)O[Si](C)(C)C(C)(C)C. The molecule has 46 heavy (non-hydrogen) atoms. The van der Waals surface area contributed by atoms with Crippen LogP contribution in [-0.2, 0) is 23.5 Å². The molecule has 7 nitrogen and oxygen atoms in total. The van der Waals surface area contributed by atoms with E-state index in [-0.39, 0.29) is 36.5 Å². The third kappa shape index (κ3) is 10.3. The van der Waals surface area contributed by atoms with Crippen LogP contribution in [0.3, 0.4) is 0 Å². The standard InChI is InChI=1S/C38H49NO6Si/c1-8-25-43-36(41)24-14-12-10-9-11-13-23-34(40)28(2)35(45-46(6,7)38(3,4)5)26-39-37(42)44-27-33-31-21-17-15-19-29(31)30-20-16-18-22-32(30)33/h8-12,14-22,24,28,33,35H,1,13,23,25-27H2,2-7H3,(H,39,42)/b11-9+,12-10+,24-14+/t28-,35-/m0/s1. The Morgan fingerprint density at radius 1 is 0.935 bits per heavy atom. The molecular weight excluding hydrogens is 595 g/mol. The van der Waals surface area contributed by atoms with Crippen molar-refractivity contribution in [2.75, 3.05) is 19.8 Å². The van der Waals surface area contributed by atoms with Crippen LogP contribution >= 0.6 is 0 Å². The van der Waals surface area contributed by atoms with Crippen LogP contribution in [-0.4, -0.2) is 52.0 Å². The zero-order chi connectivity index (χ0) is 33.7. The lowest BCUT2D eigenvalue weighted by Crippen LogP contribution is -2.50. The van der Waals surface area contributed by atoms with Gasteiger partial charge in [0.05, 0.1) is 6.10 Å². The van der Waals surface area contributed by atoms with Crippen molar-refractivity contribution in [3.63, 3.8) is 0 Å². The minimum absolute atomic E-state index is 0.0318. The number of alkyl carbamates (subject to hydrolysis) is 1. The van der Waals surface area contributed by atoms with E-state index < -0.39 is 32.4 Å². The lowest BCUT2D eigenvalue weighted by molar-refractivity contribution is -0.136. The highest BCUT2D eigenvalue weighted by Gasteiger charge is 2.41. The van der Waals surface area contributed by atoms with Gasteiger partial charge in [-0.25, -0.2) is 9.59 Å². The Hall–Kier alpha value is -4.01. The van der Waals surface area contributed by atoms with Gasteiger partial charge < -0.3 is 19.2 Å². The number of amides is 1. The van der Waals surface area contributed by atoms with Crippen molar-refractivity contribution in [1.82, 2.24) is 5.32 Å². The second-order valence-electron chi connectivity index (χ2n) is 13.0. The molecule has 1 N–H and O–H groups in total. The Labute approximate surface area is 275 Å². The van der Waals surface area contributed by atoms with E-state index in [2.05, 4.69) is 70.0 Å². The average Bonchev–Trinajstić information content (AvgIpc) is 3.34. The number of esters is 1. The molecule has 1 aliphatic rings. The maximum Gasteiger partial charge on any atom is 0.407 e. The van der Waals surface area contributed by atoms with E-state index in [1.807, 2.05) is 43.3 Å². The molecule has 1 amide bonds. The fraction of sp³-hybridized carbons (Fsp3) is 0.395. The summed E-state index contributed by atoms with van der Waals surface area (Å²) in [5, 5.41) is 2.83.